The Morgan fingerprint density at radius 1 is 1.29 bits per heavy atom. The summed E-state index contributed by atoms with van der Waals surface area (Å²) in [4.78, 5) is 20.7. The normalized spacial score (nSPS) is 10.4. The van der Waals surface area contributed by atoms with Gasteiger partial charge in [0, 0.05) is 36.3 Å². The molecular weight excluding hydrogens is 282 g/mol. The van der Waals surface area contributed by atoms with Crippen LogP contribution in [0.1, 0.15) is 34.0 Å². The highest BCUT2D eigenvalue weighted by Gasteiger charge is 2.12. The Bertz CT molecular complexity index is 605. The number of nitrogens with one attached hydrogen (secondary N) is 1. The van der Waals surface area contributed by atoms with Crippen molar-refractivity contribution in [2.75, 3.05) is 18.0 Å². The van der Waals surface area contributed by atoms with Crippen molar-refractivity contribution in [1.29, 1.82) is 0 Å². The van der Waals surface area contributed by atoms with E-state index < -0.39 is 0 Å². The Morgan fingerprint density at radius 3 is 2.67 bits per heavy atom. The number of aryl methyl sites for hydroxylation is 1. The molecular formula is C16H21N3OS. The van der Waals surface area contributed by atoms with Crippen LogP contribution in [0.25, 0.3) is 0 Å². The lowest BCUT2D eigenvalue weighted by Gasteiger charge is -2.22. The summed E-state index contributed by atoms with van der Waals surface area (Å²) in [6.07, 6.45) is 1.79. The summed E-state index contributed by atoms with van der Waals surface area (Å²) in [6.45, 7) is 8.51. The fourth-order valence-electron chi connectivity index (χ4n) is 2.20. The maximum absolute atomic E-state index is 12.1. The van der Waals surface area contributed by atoms with E-state index in [-0.39, 0.29) is 5.91 Å². The molecule has 2 aromatic rings. The number of nitrogens with zero attached hydrogens (tertiary/aromatic N) is 2. The molecule has 0 aliphatic heterocycles. The number of pyridine rings is 1. The van der Waals surface area contributed by atoms with Crippen LogP contribution < -0.4 is 10.2 Å². The van der Waals surface area contributed by atoms with Gasteiger partial charge in [0.2, 0.25) is 0 Å². The fourth-order valence-corrected chi connectivity index (χ4v) is 2.98. The van der Waals surface area contributed by atoms with Gasteiger partial charge in [-0.3, -0.25) is 4.79 Å². The SMILES string of the molecule is CCN(CC)c1ncccc1CNC(=O)c1ccc(C)s1. The summed E-state index contributed by atoms with van der Waals surface area (Å²) in [5, 5.41) is 2.98. The Hall–Kier alpha value is -1.88. The van der Waals surface area contributed by atoms with Gasteiger partial charge in [-0.25, -0.2) is 4.98 Å². The minimum Gasteiger partial charge on any atom is -0.357 e. The first-order valence-corrected chi connectivity index (χ1v) is 8.00. The number of rotatable bonds is 6. The Balaban J connectivity index is 2.08. The summed E-state index contributed by atoms with van der Waals surface area (Å²) in [5.41, 5.74) is 1.04. The molecule has 21 heavy (non-hydrogen) atoms. The zero-order valence-corrected chi connectivity index (χ0v) is 13.5. The van der Waals surface area contributed by atoms with Gasteiger partial charge in [0.05, 0.1) is 4.88 Å². The summed E-state index contributed by atoms with van der Waals surface area (Å²) < 4.78 is 0. The van der Waals surface area contributed by atoms with Gasteiger partial charge >= 0.3 is 0 Å². The number of anilines is 1. The Kier molecular flexibility index (Phi) is 5.33. The predicted octanol–water partition coefficient (Wildman–Crippen LogP) is 3.23. The van der Waals surface area contributed by atoms with Crippen molar-refractivity contribution in [2.45, 2.75) is 27.3 Å². The summed E-state index contributed by atoms with van der Waals surface area (Å²) in [6, 6.07) is 7.75. The van der Waals surface area contributed by atoms with E-state index in [2.05, 4.69) is 29.0 Å². The largest absolute Gasteiger partial charge is 0.357 e. The maximum atomic E-state index is 12.1. The molecule has 1 N–H and O–H groups in total. The minimum atomic E-state index is -0.0255. The van der Waals surface area contributed by atoms with Crippen LogP contribution in [-0.2, 0) is 6.54 Å². The Morgan fingerprint density at radius 2 is 2.05 bits per heavy atom. The molecule has 2 heterocycles. The number of carbonyl (C=O) groups is 1. The van der Waals surface area contributed by atoms with E-state index in [1.54, 1.807) is 6.20 Å². The van der Waals surface area contributed by atoms with E-state index >= 15 is 0 Å². The van der Waals surface area contributed by atoms with Crippen LogP contribution in [-0.4, -0.2) is 24.0 Å². The van der Waals surface area contributed by atoms with Gasteiger partial charge in [-0.2, -0.15) is 0 Å². The van der Waals surface area contributed by atoms with Crippen molar-refractivity contribution in [3.8, 4) is 0 Å². The van der Waals surface area contributed by atoms with E-state index in [4.69, 9.17) is 0 Å². The van der Waals surface area contributed by atoms with Crippen molar-refractivity contribution in [2.24, 2.45) is 0 Å². The molecule has 0 aliphatic carbocycles. The quantitative estimate of drug-likeness (QED) is 0.891. The molecule has 112 valence electrons. The first-order valence-electron chi connectivity index (χ1n) is 7.19. The number of aromatic nitrogens is 1. The van der Waals surface area contributed by atoms with Crippen molar-refractivity contribution >= 4 is 23.1 Å². The molecule has 2 rings (SSSR count). The third kappa shape index (κ3) is 3.82. The second kappa shape index (κ2) is 7.22. The average Bonchev–Trinajstić information content (AvgIpc) is 2.94. The van der Waals surface area contributed by atoms with Crippen LogP contribution in [0.4, 0.5) is 5.82 Å². The van der Waals surface area contributed by atoms with Crippen LogP contribution in [0.5, 0.6) is 0 Å². The topological polar surface area (TPSA) is 45.2 Å². The molecule has 0 unspecified atom stereocenters. The predicted molar refractivity (Wildman–Crippen MR) is 88.0 cm³/mol. The van der Waals surface area contributed by atoms with Crippen molar-refractivity contribution in [3.63, 3.8) is 0 Å². The molecule has 0 spiro atoms. The van der Waals surface area contributed by atoms with Crippen molar-refractivity contribution in [3.05, 3.63) is 45.8 Å². The highest BCUT2D eigenvalue weighted by Crippen LogP contribution is 2.18. The number of hydrogen-bond acceptors (Lipinski definition) is 4. The zero-order chi connectivity index (χ0) is 15.2. The lowest BCUT2D eigenvalue weighted by Crippen LogP contribution is -2.27. The fraction of sp³-hybridized carbons (Fsp3) is 0.375. The van der Waals surface area contributed by atoms with Crippen molar-refractivity contribution in [1.82, 2.24) is 10.3 Å². The third-order valence-electron chi connectivity index (χ3n) is 3.33. The first kappa shape index (κ1) is 15.5. The molecule has 0 saturated carbocycles. The Labute approximate surface area is 129 Å². The standard InChI is InChI=1S/C16H21N3OS/c1-4-19(5-2)15-13(7-6-10-17-15)11-18-16(20)14-9-8-12(3)21-14/h6-10H,4-5,11H2,1-3H3,(H,18,20). The van der Waals surface area contributed by atoms with Crippen LogP contribution in [0.3, 0.4) is 0 Å². The van der Waals surface area contributed by atoms with Gasteiger partial charge < -0.3 is 10.2 Å². The van der Waals surface area contributed by atoms with Crippen LogP contribution >= 0.6 is 11.3 Å². The van der Waals surface area contributed by atoms with E-state index in [1.165, 1.54) is 11.3 Å². The highest BCUT2D eigenvalue weighted by molar-refractivity contribution is 7.13. The van der Waals surface area contributed by atoms with Gasteiger partial charge in [-0.15, -0.1) is 11.3 Å². The molecule has 0 saturated heterocycles. The molecule has 5 heteroatoms. The summed E-state index contributed by atoms with van der Waals surface area (Å²) in [7, 11) is 0. The van der Waals surface area contributed by atoms with Crippen LogP contribution in [0, 0.1) is 6.92 Å². The van der Waals surface area contributed by atoms with Gasteiger partial charge in [-0.05, 0) is 39.0 Å². The van der Waals surface area contributed by atoms with Crippen molar-refractivity contribution < 1.29 is 4.79 Å². The molecule has 0 aromatic carbocycles. The monoisotopic (exact) mass is 303 g/mol. The lowest BCUT2D eigenvalue weighted by atomic mass is 10.2. The zero-order valence-electron chi connectivity index (χ0n) is 12.7. The van der Waals surface area contributed by atoms with Crippen LogP contribution in [0.2, 0.25) is 0 Å². The summed E-state index contributed by atoms with van der Waals surface area (Å²) >= 11 is 1.51. The minimum absolute atomic E-state index is 0.0255. The molecule has 0 fully saturated rings. The third-order valence-corrected chi connectivity index (χ3v) is 4.33. The average molecular weight is 303 g/mol. The lowest BCUT2D eigenvalue weighted by molar-refractivity contribution is 0.0955. The van der Waals surface area contributed by atoms with E-state index in [9.17, 15) is 4.79 Å². The number of carbonyl (C=O) groups excluding carboxylic acids is 1. The molecule has 0 aliphatic rings. The molecule has 0 radical (unpaired) electrons. The maximum Gasteiger partial charge on any atom is 0.261 e. The number of amides is 1. The summed E-state index contributed by atoms with van der Waals surface area (Å²) in [5.74, 6) is 0.924. The molecule has 0 bridgehead atoms. The number of thiophene rings is 1. The van der Waals surface area contributed by atoms with Crippen LogP contribution in [0.15, 0.2) is 30.5 Å². The van der Waals surface area contributed by atoms with E-state index in [0.717, 1.165) is 34.2 Å². The van der Waals surface area contributed by atoms with E-state index in [0.29, 0.717) is 6.54 Å². The molecule has 2 aromatic heterocycles. The molecule has 0 atom stereocenters. The second-order valence-electron chi connectivity index (χ2n) is 4.75. The smallest absolute Gasteiger partial charge is 0.261 e. The molecule has 4 nitrogen and oxygen atoms in total. The second-order valence-corrected chi connectivity index (χ2v) is 6.04. The number of hydrogen-bond donors (Lipinski definition) is 1. The van der Waals surface area contributed by atoms with Gasteiger partial charge in [0.25, 0.3) is 5.91 Å². The van der Waals surface area contributed by atoms with Gasteiger partial charge in [-0.1, -0.05) is 6.07 Å². The van der Waals surface area contributed by atoms with E-state index in [1.807, 2.05) is 31.2 Å². The molecule has 1 amide bonds. The highest BCUT2D eigenvalue weighted by atomic mass is 32.1. The first-order chi connectivity index (χ1) is 10.2. The van der Waals surface area contributed by atoms with Gasteiger partial charge in [0.15, 0.2) is 0 Å². The van der Waals surface area contributed by atoms with Gasteiger partial charge in [0.1, 0.15) is 5.82 Å².